The van der Waals surface area contributed by atoms with Crippen LogP contribution in [0.15, 0.2) is 6.20 Å². The van der Waals surface area contributed by atoms with Gasteiger partial charge in [0.1, 0.15) is 6.20 Å². The quantitative estimate of drug-likeness (QED) is 0.586. The summed E-state index contributed by atoms with van der Waals surface area (Å²) in [5.74, 6) is -0.374. The molecule has 1 aliphatic heterocycles. The number of halogens is 1. The maximum atomic E-state index is 10.9. The van der Waals surface area contributed by atoms with Gasteiger partial charge in [0.2, 0.25) is 0 Å². The molecule has 1 aromatic heterocycles. The van der Waals surface area contributed by atoms with Crippen molar-refractivity contribution < 1.29 is 19.9 Å². The van der Waals surface area contributed by atoms with Gasteiger partial charge in [-0.2, -0.15) is 0 Å². The molecule has 11 heteroatoms. The zero-order valence-corrected chi connectivity index (χ0v) is 13.3. The van der Waals surface area contributed by atoms with Gasteiger partial charge in [0.25, 0.3) is 0 Å². The average molecular weight is 348 g/mol. The van der Waals surface area contributed by atoms with Crippen molar-refractivity contribution >= 4 is 23.5 Å². The minimum atomic E-state index is -1.19. The van der Waals surface area contributed by atoms with Gasteiger partial charge in [-0.3, -0.25) is 9.47 Å². The van der Waals surface area contributed by atoms with E-state index in [0.717, 1.165) is 0 Å². The largest absolute Gasteiger partial charge is 0.465 e. The molecule has 10 nitrogen and oxygen atoms in total. The van der Waals surface area contributed by atoms with Crippen LogP contribution in [-0.4, -0.2) is 78.9 Å². The molecule has 128 valence electrons. The number of amides is 1. The van der Waals surface area contributed by atoms with E-state index >= 15 is 0 Å². The lowest BCUT2D eigenvalue weighted by atomic mass is 10.1. The molecule has 1 fully saturated rings. The van der Waals surface area contributed by atoms with Crippen LogP contribution in [0.1, 0.15) is 6.92 Å². The predicted molar refractivity (Wildman–Crippen MR) is 80.6 cm³/mol. The van der Waals surface area contributed by atoms with Crippen LogP contribution in [0, 0.1) is 10.1 Å². The van der Waals surface area contributed by atoms with Gasteiger partial charge in [-0.05, 0) is 28.4 Å². The van der Waals surface area contributed by atoms with Crippen LogP contribution >= 0.6 is 11.6 Å². The van der Waals surface area contributed by atoms with Gasteiger partial charge in [0.05, 0.1) is 12.1 Å². The smallest absolute Gasteiger partial charge is 0.407 e. The van der Waals surface area contributed by atoms with Crippen molar-refractivity contribution in [3.8, 4) is 0 Å². The number of nitro groups is 1. The number of aliphatic hydroxyl groups is 1. The van der Waals surface area contributed by atoms with Crippen LogP contribution in [0.2, 0.25) is 5.28 Å². The summed E-state index contributed by atoms with van der Waals surface area (Å²) in [6.07, 6.45) is 0.230. The molecule has 1 aliphatic rings. The number of piperazine rings is 1. The van der Waals surface area contributed by atoms with E-state index in [-0.39, 0.29) is 17.6 Å². The standard InChI is InChI=1S/C12H18ClN5O5/c1-12(21,7-15-2-4-16(5-3-15)11(19)20)8-17-6-9(18(22)23)14-10(17)13/h6,21H,2-5,7-8H2,1H3,(H,19,20). The summed E-state index contributed by atoms with van der Waals surface area (Å²) in [5, 5.41) is 30.0. The summed E-state index contributed by atoms with van der Waals surface area (Å²) in [4.78, 5) is 27.8. The van der Waals surface area contributed by atoms with Gasteiger partial charge in [-0.25, -0.2) is 4.79 Å². The van der Waals surface area contributed by atoms with E-state index < -0.39 is 16.6 Å². The second kappa shape index (κ2) is 6.69. The molecule has 2 rings (SSSR count). The molecule has 1 saturated heterocycles. The van der Waals surface area contributed by atoms with Crippen LogP contribution in [0.25, 0.3) is 0 Å². The Bertz CT molecular complexity index is 597. The average Bonchev–Trinajstić information content (AvgIpc) is 2.79. The monoisotopic (exact) mass is 347 g/mol. The number of β-amino-alcohol motifs (C(OH)–C–C–N with tert-alkyl or cyclic N) is 1. The zero-order valence-electron chi connectivity index (χ0n) is 12.6. The molecule has 1 unspecified atom stereocenters. The van der Waals surface area contributed by atoms with E-state index in [0.29, 0.717) is 32.7 Å². The van der Waals surface area contributed by atoms with Crippen LogP contribution in [-0.2, 0) is 6.54 Å². The molecule has 1 amide bonds. The number of carbonyl (C=O) groups is 1. The summed E-state index contributed by atoms with van der Waals surface area (Å²) in [7, 11) is 0. The van der Waals surface area contributed by atoms with Crippen LogP contribution in [0.5, 0.6) is 0 Å². The lowest BCUT2D eigenvalue weighted by Crippen LogP contribution is -2.53. The number of rotatable bonds is 5. The highest BCUT2D eigenvalue weighted by Crippen LogP contribution is 2.20. The van der Waals surface area contributed by atoms with Gasteiger partial charge < -0.3 is 25.2 Å². The Hall–Kier alpha value is -1.91. The summed E-state index contributed by atoms with van der Waals surface area (Å²) in [6.45, 7) is 3.72. The third kappa shape index (κ3) is 4.53. The van der Waals surface area contributed by atoms with Crippen molar-refractivity contribution in [2.75, 3.05) is 32.7 Å². The normalized spacial score (nSPS) is 18.7. The Morgan fingerprint density at radius 3 is 2.52 bits per heavy atom. The fourth-order valence-corrected chi connectivity index (χ4v) is 2.77. The van der Waals surface area contributed by atoms with Crippen molar-refractivity contribution in [2.45, 2.75) is 19.1 Å². The van der Waals surface area contributed by atoms with E-state index in [1.54, 1.807) is 6.92 Å². The summed E-state index contributed by atoms with van der Waals surface area (Å²) in [5.41, 5.74) is -1.19. The van der Waals surface area contributed by atoms with E-state index in [2.05, 4.69) is 4.98 Å². The van der Waals surface area contributed by atoms with E-state index in [1.165, 1.54) is 15.7 Å². The molecular formula is C12H18ClN5O5. The van der Waals surface area contributed by atoms with Crippen molar-refractivity contribution in [3.63, 3.8) is 0 Å². The summed E-state index contributed by atoms with van der Waals surface area (Å²) >= 11 is 5.84. The number of nitrogens with zero attached hydrogens (tertiary/aromatic N) is 5. The SMILES string of the molecule is CC(O)(CN1CCN(C(=O)O)CC1)Cn1cc([N+](=O)[O-])nc1Cl. The first-order valence-electron chi connectivity index (χ1n) is 6.97. The van der Waals surface area contributed by atoms with Gasteiger partial charge >= 0.3 is 17.2 Å². The molecule has 0 aliphatic carbocycles. The molecule has 23 heavy (non-hydrogen) atoms. The zero-order chi connectivity index (χ0) is 17.2. The highest BCUT2D eigenvalue weighted by atomic mass is 35.5. The topological polar surface area (TPSA) is 125 Å². The fourth-order valence-electron chi connectivity index (χ4n) is 2.58. The molecule has 1 aromatic rings. The third-order valence-electron chi connectivity index (χ3n) is 3.62. The Morgan fingerprint density at radius 2 is 2.04 bits per heavy atom. The number of carboxylic acid groups (broad SMARTS) is 1. The van der Waals surface area contributed by atoms with Crippen LogP contribution < -0.4 is 0 Å². The predicted octanol–water partition coefficient (Wildman–Crippen LogP) is 0.491. The first-order chi connectivity index (χ1) is 10.7. The van der Waals surface area contributed by atoms with Gasteiger partial charge in [-0.15, -0.1) is 0 Å². The van der Waals surface area contributed by atoms with Gasteiger partial charge in [0.15, 0.2) is 0 Å². The minimum absolute atomic E-state index is 0.0474. The van der Waals surface area contributed by atoms with Crippen molar-refractivity contribution in [1.29, 1.82) is 0 Å². The number of hydrogen-bond donors (Lipinski definition) is 2. The van der Waals surface area contributed by atoms with E-state index in [4.69, 9.17) is 16.7 Å². The van der Waals surface area contributed by atoms with Crippen molar-refractivity contribution in [2.24, 2.45) is 0 Å². The molecule has 0 aromatic carbocycles. The van der Waals surface area contributed by atoms with Crippen molar-refractivity contribution in [1.82, 2.24) is 19.4 Å². The van der Waals surface area contributed by atoms with Gasteiger partial charge in [-0.1, -0.05) is 0 Å². The maximum absolute atomic E-state index is 10.9. The number of aromatic nitrogens is 2. The molecule has 0 spiro atoms. The second-order valence-electron chi connectivity index (χ2n) is 5.80. The first-order valence-corrected chi connectivity index (χ1v) is 7.35. The number of hydrogen-bond acceptors (Lipinski definition) is 6. The molecule has 0 bridgehead atoms. The summed E-state index contributed by atoms with van der Waals surface area (Å²) in [6, 6.07) is 0. The molecule has 0 radical (unpaired) electrons. The minimum Gasteiger partial charge on any atom is -0.465 e. The summed E-state index contributed by atoms with van der Waals surface area (Å²) < 4.78 is 1.33. The Morgan fingerprint density at radius 1 is 1.43 bits per heavy atom. The first kappa shape index (κ1) is 17.4. The molecule has 2 heterocycles. The molecule has 1 atom stereocenters. The lowest BCUT2D eigenvalue weighted by Gasteiger charge is -2.37. The van der Waals surface area contributed by atoms with E-state index in [1.807, 2.05) is 4.90 Å². The molecular weight excluding hydrogens is 330 g/mol. The highest BCUT2D eigenvalue weighted by molar-refractivity contribution is 6.28. The Labute approximate surface area is 137 Å². The highest BCUT2D eigenvalue weighted by Gasteiger charge is 2.30. The van der Waals surface area contributed by atoms with Crippen LogP contribution in [0.4, 0.5) is 10.6 Å². The number of imidazole rings is 1. The molecule has 0 saturated carbocycles. The lowest BCUT2D eigenvalue weighted by molar-refractivity contribution is -0.389. The van der Waals surface area contributed by atoms with E-state index in [9.17, 15) is 20.0 Å². The Kier molecular flexibility index (Phi) is 5.07. The Balaban J connectivity index is 1.94. The van der Waals surface area contributed by atoms with Crippen molar-refractivity contribution in [3.05, 3.63) is 21.6 Å². The van der Waals surface area contributed by atoms with Gasteiger partial charge in [0, 0.05) is 32.7 Å². The maximum Gasteiger partial charge on any atom is 0.407 e. The van der Waals surface area contributed by atoms with Crippen LogP contribution in [0.3, 0.4) is 0 Å². The molecule has 2 N–H and O–H groups in total. The fraction of sp³-hybridized carbons (Fsp3) is 0.667. The third-order valence-corrected chi connectivity index (χ3v) is 3.92. The second-order valence-corrected chi connectivity index (χ2v) is 6.13.